The third-order valence-electron chi connectivity index (χ3n) is 1.09. The quantitative estimate of drug-likeness (QED) is 0.600. The lowest BCUT2D eigenvalue weighted by Gasteiger charge is -2.09. The minimum Gasteiger partial charge on any atom is -0.502 e. The van der Waals surface area contributed by atoms with Gasteiger partial charge in [0.2, 0.25) is 0 Å². The molecule has 0 aliphatic carbocycles. The van der Waals surface area contributed by atoms with Crippen LogP contribution in [-0.4, -0.2) is 33.5 Å². The van der Waals surface area contributed by atoms with Gasteiger partial charge in [-0.3, -0.25) is 4.57 Å². The lowest BCUT2D eigenvalue weighted by Crippen LogP contribution is -1.89. The summed E-state index contributed by atoms with van der Waals surface area (Å²) >= 11 is 0. The van der Waals surface area contributed by atoms with Crippen molar-refractivity contribution in [2.24, 2.45) is 0 Å². The molecule has 0 bridgehead atoms. The average Bonchev–Trinajstić information content (AvgIpc) is 2.27. The molecule has 0 unspecified atom stereocenters. The fraction of sp³-hybridized carbons (Fsp3) is 0.667. The van der Waals surface area contributed by atoms with Crippen LogP contribution in [0.3, 0.4) is 0 Å². The van der Waals surface area contributed by atoms with Crippen LogP contribution in [0.4, 0.5) is 0 Å². The molecule has 0 amide bonds. The second-order valence-corrected chi connectivity index (χ2v) is 5.29. The summed E-state index contributed by atoms with van der Waals surface area (Å²) in [6, 6.07) is 0. The first-order valence-electron chi connectivity index (χ1n) is 3.53. The molecule has 0 aromatic rings. The Kier molecular flexibility index (Phi) is 10.2. The van der Waals surface area contributed by atoms with Crippen molar-refractivity contribution < 1.29 is 32.3 Å². The van der Waals surface area contributed by atoms with Crippen molar-refractivity contribution in [1.82, 2.24) is 0 Å². The maximum absolute atomic E-state index is 10.9. The molecule has 90 valence electrons. The fourth-order valence-corrected chi connectivity index (χ4v) is 1.08. The fourth-order valence-electron chi connectivity index (χ4n) is 0.360. The predicted molar refractivity (Wildman–Crippen MR) is 55.0 cm³/mol. The van der Waals surface area contributed by atoms with Gasteiger partial charge in [0, 0.05) is 18.8 Å². The maximum atomic E-state index is 10.9. The Morgan fingerprint density at radius 2 is 1.53 bits per heavy atom. The Labute approximate surface area is 89.5 Å². The normalized spacial score (nSPS) is 10.1. The van der Waals surface area contributed by atoms with Gasteiger partial charge in [0.25, 0.3) is 0 Å². The first-order chi connectivity index (χ1) is 6.87. The highest BCUT2D eigenvalue weighted by molar-refractivity contribution is 7.58. The SMILES string of the molecule is C=C(O)P(=O)(OC)OC.CO[P+](=O)OC. The molecule has 7 nitrogen and oxygen atoms in total. The van der Waals surface area contributed by atoms with Crippen molar-refractivity contribution in [2.75, 3.05) is 28.4 Å². The summed E-state index contributed by atoms with van der Waals surface area (Å²) in [5.41, 5.74) is -0.576. The van der Waals surface area contributed by atoms with E-state index in [2.05, 4.69) is 24.7 Å². The average molecular weight is 261 g/mol. The third-order valence-corrected chi connectivity index (χ3v) is 3.28. The molecule has 0 rings (SSSR count). The van der Waals surface area contributed by atoms with Gasteiger partial charge in [-0.15, -0.1) is 9.05 Å². The molecule has 1 N–H and O–H groups in total. The molecule has 0 atom stereocenters. The Morgan fingerprint density at radius 3 is 1.53 bits per heavy atom. The Bertz CT molecular complexity index is 238. The second-order valence-electron chi connectivity index (χ2n) is 1.87. The van der Waals surface area contributed by atoms with E-state index in [4.69, 9.17) is 5.11 Å². The van der Waals surface area contributed by atoms with Crippen LogP contribution in [0.5, 0.6) is 0 Å². The van der Waals surface area contributed by atoms with Gasteiger partial charge in [0.05, 0.1) is 14.2 Å². The van der Waals surface area contributed by atoms with E-state index < -0.39 is 21.4 Å². The van der Waals surface area contributed by atoms with Gasteiger partial charge < -0.3 is 14.2 Å². The number of aliphatic hydroxyl groups excluding tert-OH is 1. The number of rotatable bonds is 5. The Morgan fingerprint density at radius 1 is 1.20 bits per heavy atom. The summed E-state index contributed by atoms with van der Waals surface area (Å²) in [4.78, 5) is 0. The molecular weight excluding hydrogens is 246 g/mol. The zero-order valence-electron chi connectivity index (χ0n) is 9.00. The molecule has 0 aromatic carbocycles. The van der Waals surface area contributed by atoms with Gasteiger partial charge in [0.1, 0.15) is 0 Å². The van der Waals surface area contributed by atoms with Gasteiger partial charge in [0.15, 0.2) is 5.50 Å². The number of hydrogen-bond donors (Lipinski definition) is 1. The van der Waals surface area contributed by atoms with E-state index in [0.717, 1.165) is 0 Å². The molecule has 15 heavy (non-hydrogen) atoms. The van der Waals surface area contributed by atoms with E-state index in [1.165, 1.54) is 28.4 Å². The van der Waals surface area contributed by atoms with Crippen LogP contribution in [-0.2, 0) is 27.2 Å². The molecule has 0 spiro atoms. The zero-order valence-corrected chi connectivity index (χ0v) is 10.8. The molecular formula is C6H15O7P2+. The lowest BCUT2D eigenvalue weighted by atomic mass is 11.2. The Hall–Kier alpha value is -0.290. The van der Waals surface area contributed by atoms with Gasteiger partial charge in [-0.2, -0.15) is 0 Å². The maximum Gasteiger partial charge on any atom is 0.696 e. The van der Waals surface area contributed by atoms with Crippen LogP contribution >= 0.6 is 15.9 Å². The second kappa shape index (κ2) is 8.97. The monoisotopic (exact) mass is 261 g/mol. The van der Waals surface area contributed by atoms with Crippen LogP contribution in [0.2, 0.25) is 0 Å². The highest BCUT2D eigenvalue weighted by Gasteiger charge is 2.24. The first-order valence-corrected chi connectivity index (χ1v) is 6.17. The lowest BCUT2D eigenvalue weighted by molar-refractivity contribution is 0.261. The molecule has 0 radical (unpaired) electrons. The number of hydrogen-bond acceptors (Lipinski definition) is 7. The summed E-state index contributed by atoms with van der Waals surface area (Å²) in [5, 5.41) is 8.56. The van der Waals surface area contributed by atoms with Gasteiger partial charge >= 0.3 is 15.9 Å². The van der Waals surface area contributed by atoms with Crippen LogP contribution < -0.4 is 0 Å². The van der Waals surface area contributed by atoms with Crippen molar-refractivity contribution in [3.63, 3.8) is 0 Å². The van der Waals surface area contributed by atoms with Crippen molar-refractivity contribution in [3.8, 4) is 0 Å². The third kappa shape index (κ3) is 7.62. The van der Waals surface area contributed by atoms with Crippen LogP contribution in [0.15, 0.2) is 12.1 Å². The minimum atomic E-state index is -3.39. The standard InChI is InChI=1S/C4H9O4P.C2H6O3P/c1-4(5)9(6,7-2)8-3;1-4-6(3)5-2/h5H,1H2,2-3H3;1-2H3/q;+1. The summed E-state index contributed by atoms with van der Waals surface area (Å²) in [5.74, 6) is 0. The molecule has 0 aliphatic heterocycles. The zero-order chi connectivity index (χ0) is 12.5. The van der Waals surface area contributed by atoms with Crippen molar-refractivity contribution in [1.29, 1.82) is 0 Å². The van der Waals surface area contributed by atoms with Gasteiger partial charge in [-0.1, -0.05) is 0 Å². The Balaban J connectivity index is 0. The van der Waals surface area contributed by atoms with Crippen LogP contribution in [0, 0.1) is 0 Å². The molecule has 0 heterocycles. The minimum absolute atomic E-state index is 0.576. The van der Waals surface area contributed by atoms with Crippen LogP contribution in [0.25, 0.3) is 0 Å². The molecule has 0 aliphatic rings. The van der Waals surface area contributed by atoms with E-state index in [-0.39, 0.29) is 0 Å². The summed E-state index contributed by atoms with van der Waals surface area (Å²) in [6.07, 6.45) is 0. The highest BCUT2D eigenvalue weighted by atomic mass is 31.2. The molecule has 0 saturated carbocycles. The number of aliphatic hydroxyl groups is 1. The van der Waals surface area contributed by atoms with Crippen molar-refractivity contribution in [3.05, 3.63) is 12.1 Å². The van der Waals surface area contributed by atoms with E-state index in [0.29, 0.717) is 0 Å². The van der Waals surface area contributed by atoms with E-state index in [1.54, 1.807) is 0 Å². The molecule has 0 saturated heterocycles. The molecule has 9 heteroatoms. The predicted octanol–water partition coefficient (Wildman–Crippen LogP) is 2.44. The van der Waals surface area contributed by atoms with Crippen molar-refractivity contribution in [2.45, 2.75) is 0 Å². The van der Waals surface area contributed by atoms with E-state index in [9.17, 15) is 9.13 Å². The molecule has 0 fully saturated rings. The van der Waals surface area contributed by atoms with E-state index >= 15 is 0 Å². The van der Waals surface area contributed by atoms with E-state index in [1.807, 2.05) is 0 Å². The topological polar surface area (TPSA) is 91.3 Å². The van der Waals surface area contributed by atoms with Gasteiger partial charge in [-0.25, -0.2) is 0 Å². The first kappa shape index (κ1) is 17.1. The largest absolute Gasteiger partial charge is 0.696 e. The summed E-state index contributed by atoms with van der Waals surface area (Å²) in [6.45, 7) is 3.01. The summed E-state index contributed by atoms with van der Waals surface area (Å²) in [7, 11) is -0.230. The summed E-state index contributed by atoms with van der Waals surface area (Å²) < 4.78 is 37.8. The highest BCUT2D eigenvalue weighted by Crippen LogP contribution is 2.52. The van der Waals surface area contributed by atoms with Crippen molar-refractivity contribution >= 4 is 15.9 Å². The van der Waals surface area contributed by atoms with Crippen LogP contribution in [0.1, 0.15) is 0 Å². The smallest absolute Gasteiger partial charge is 0.502 e. The molecule has 0 aromatic heterocycles. The van der Waals surface area contributed by atoms with Gasteiger partial charge in [-0.05, 0) is 6.58 Å².